The Bertz CT molecular complexity index is 419. The average Bonchev–Trinajstić information content (AvgIpc) is 2.67. The molecular weight excluding hydrogens is 244 g/mol. The molecule has 1 aliphatic heterocycles. The molecule has 20 heavy (non-hydrogen) atoms. The van der Waals surface area contributed by atoms with E-state index >= 15 is 0 Å². The molecule has 1 aliphatic rings. The number of nitrogens with zero attached hydrogens (tertiary/aromatic N) is 1. The van der Waals surface area contributed by atoms with Crippen LogP contribution in [0.2, 0.25) is 0 Å². The quantitative estimate of drug-likeness (QED) is 0.859. The lowest BCUT2D eigenvalue weighted by atomic mass is 9.91. The van der Waals surface area contributed by atoms with Gasteiger partial charge >= 0.3 is 0 Å². The SMILES string of the molecule is CCC(CC)N1CC(CC)(CC)NCc2ccccc21. The minimum Gasteiger partial charge on any atom is -0.366 e. The molecule has 0 spiro atoms. The van der Waals surface area contributed by atoms with Crippen LogP contribution in [0.25, 0.3) is 0 Å². The zero-order valence-corrected chi connectivity index (χ0v) is 13.6. The molecule has 0 amide bonds. The van der Waals surface area contributed by atoms with Gasteiger partial charge in [0, 0.05) is 30.4 Å². The van der Waals surface area contributed by atoms with Crippen LogP contribution in [0, 0.1) is 0 Å². The molecule has 0 radical (unpaired) electrons. The fourth-order valence-corrected chi connectivity index (χ4v) is 3.47. The van der Waals surface area contributed by atoms with Crippen LogP contribution in [0.1, 0.15) is 58.9 Å². The Morgan fingerprint density at radius 3 is 2.35 bits per heavy atom. The Morgan fingerprint density at radius 1 is 1.10 bits per heavy atom. The summed E-state index contributed by atoms with van der Waals surface area (Å²) in [7, 11) is 0. The minimum absolute atomic E-state index is 0.252. The highest BCUT2D eigenvalue weighted by Gasteiger charge is 2.33. The van der Waals surface area contributed by atoms with Gasteiger partial charge in [-0.15, -0.1) is 0 Å². The van der Waals surface area contributed by atoms with Gasteiger partial charge in [-0.3, -0.25) is 0 Å². The third-order valence-electron chi connectivity index (χ3n) is 5.16. The summed E-state index contributed by atoms with van der Waals surface area (Å²) in [6.07, 6.45) is 4.81. The Labute approximate surface area is 124 Å². The van der Waals surface area contributed by atoms with Crippen molar-refractivity contribution < 1.29 is 0 Å². The molecule has 2 rings (SSSR count). The summed E-state index contributed by atoms with van der Waals surface area (Å²) in [5.41, 5.74) is 3.14. The number of fused-ring (bicyclic) bond motifs is 1. The molecule has 112 valence electrons. The van der Waals surface area contributed by atoms with Crippen molar-refractivity contribution in [2.75, 3.05) is 11.4 Å². The van der Waals surface area contributed by atoms with Crippen LogP contribution in [0.15, 0.2) is 24.3 Å². The van der Waals surface area contributed by atoms with E-state index in [1.165, 1.54) is 36.9 Å². The van der Waals surface area contributed by atoms with Gasteiger partial charge in [-0.05, 0) is 37.3 Å². The number of anilines is 1. The van der Waals surface area contributed by atoms with Crippen LogP contribution < -0.4 is 10.2 Å². The first kappa shape index (κ1) is 15.4. The van der Waals surface area contributed by atoms with E-state index in [4.69, 9.17) is 0 Å². The van der Waals surface area contributed by atoms with Gasteiger partial charge in [0.2, 0.25) is 0 Å². The van der Waals surface area contributed by atoms with E-state index in [1.54, 1.807) is 0 Å². The molecule has 2 heteroatoms. The largest absolute Gasteiger partial charge is 0.366 e. The second-order valence-corrected chi connectivity index (χ2v) is 6.07. The number of rotatable bonds is 5. The number of benzene rings is 1. The van der Waals surface area contributed by atoms with Crippen molar-refractivity contribution in [1.29, 1.82) is 0 Å². The third kappa shape index (κ3) is 2.85. The van der Waals surface area contributed by atoms with Gasteiger partial charge in [0.15, 0.2) is 0 Å². The second-order valence-electron chi connectivity index (χ2n) is 6.07. The van der Waals surface area contributed by atoms with Crippen molar-refractivity contribution in [3.05, 3.63) is 29.8 Å². The van der Waals surface area contributed by atoms with Crippen LogP contribution >= 0.6 is 0 Å². The molecule has 0 unspecified atom stereocenters. The van der Waals surface area contributed by atoms with Crippen LogP contribution in [-0.4, -0.2) is 18.1 Å². The van der Waals surface area contributed by atoms with Gasteiger partial charge in [-0.2, -0.15) is 0 Å². The molecule has 1 aromatic carbocycles. The molecule has 0 bridgehead atoms. The molecule has 2 nitrogen and oxygen atoms in total. The van der Waals surface area contributed by atoms with E-state index < -0.39 is 0 Å². The predicted molar refractivity (Wildman–Crippen MR) is 88.3 cm³/mol. The third-order valence-corrected chi connectivity index (χ3v) is 5.16. The summed E-state index contributed by atoms with van der Waals surface area (Å²) < 4.78 is 0. The van der Waals surface area contributed by atoms with E-state index in [-0.39, 0.29) is 5.54 Å². The van der Waals surface area contributed by atoms with Gasteiger partial charge in [0.05, 0.1) is 0 Å². The molecular formula is C18H30N2. The van der Waals surface area contributed by atoms with E-state index in [9.17, 15) is 0 Å². The summed E-state index contributed by atoms with van der Waals surface area (Å²) in [6, 6.07) is 9.57. The van der Waals surface area contributed by atoms with Gasteiger partial charge in [-0.1, -0.05) is 45.9 Å². The Balaban J connectivity index is 2.42. The maximum Gasteiger partial charge on any atom is 0.0414 e. The molecule has 0 saturated heterocycles. The number of hydrogen-bond donors (Lipinski definition) is 1. The molecule has 0 aliphatic carbocycles. The Hall–Kier alpha value is -1.02. The van der Waals surface area contributed by atoms with Crippen molar-refractivity contribution in [3.63, 3.8) is 0 Å². The standard InChI is InChI=1S/C18H30N2/c1-5-16(6-2)20-14-18(7-3,8-4)19-13-15-11-9-10-12-17(15)20/h9-12,16,19H,5-8,13-14H2,1-4H3. The van der Waals surface area contributed by atoms with Gasteiger partial charge in [0.1, 0.15) is 0 Å². The first-order chi connectivity index (χ1) is 9.69. The fraction of sp³-hybridized carbons (Fsp3) is 0.667. The normalized spacial score (nSPS) is 17.9. The number of para-hydroxylation sites is 1. The molecule has 1 heterocycles. The summed E-state index contributed by atoms with van der Waals surface area (Å²) in [5.74, 6) is 0. The molecule has 1 aromatic rings. The topological polar surface area (TPSA) is 15.3 Å². The maximum absolute atomic E-state index is 3.84. The van der Waals surface area contributed by atoms with Gasteiger partial charge in [-0.25, -0.2) is 0 Å². The van der Waals surface area contributed by atoms with E-state index in [0.717, 1.165) is 13.1 Å². The lowest BCUT2D eigenvalue weighted by Gasteiger charge is -2.40. The zero-order valence-electron chi connectivity index (χ0n) is 13.6. The predicted octanol–water partition coefficient (Wildman–Crippen LogP) is 4.34. The summed E-state index contributed by atoms with van der Waals surface area (Å²) in [6.45, 7) is 11.4. The van der Waals surface area contributed by atoms with Crippen molar-refractivity contribution in [1.82, 2.24) is 5.32 Å². The van der Waals surface area contributed by atoms with E-state index in [0.29, 0.717) is 6.04 Å². The van der Waals surface area contributed by atoms with Crippen LogP contribution in [0.5, 0.6) is 0 Å². The summed E-state index contributed by atoms with van der Waals surface area (Å²) in [4.78, 5) is 2.67. The smallest absolute Gasteiger partial charge is 0.0414 e. The molecule has 0 fully saturated rings. The van der Waals surface area contributed by atoms with Crippen molar-refractivity contribution >= 4 is 5.69 Å². The van der Waals surface area contributed by atoms with Crippen molar-refractivity contribution in [2.45, 2.75) is 71.5 Å². The molecule has 0 saturated carbocycles. The Morgan fingerprint density at radius 2 is 1.75 bits per heavy atom. The fourth-order valence-electron chi connectivity index (χ4n) is 3.47. The van der Waals surface area contributed by atoms with E-state index in [1.807, 2.05) is 0 Å². The maximum atomic E-state index is 3.84. The van der Waals surface area contributed by atoms with Gasteiger partial charge in [0.25, 0.3) is 0 Å². The average molecular weight is 274 g/mol. The highest BCUT2D eigenvalue weighted by atomic mass is 15.2. The molecule has 0 aromatic heterocycles. The lowest BCUT2D eigenvalue weighted by molar-refractivity contribution is 0.298. The summed E-state index contributed by atoms with van der Waals surface area (Å²) in [5, 5.41) is 3.84. The molecule has 1 N–H and O–H groups in total. The second kappa shape index (κ2) is 6.62. The van der Waals surface area contributed by atoms with E-state index in [2.05, 4.69) is 62.2 Å². The molecule has 0 atom stereocenters. The number of nitrogens with one attached hydrogen (secondary N) is 1. The Kier molecular flexibility index (Phi) is 5.09. The monoisotopic (exact) mass is 274 g/mol. The van der Waals surface area contributed by atoms with Crippen LogP contribution in [-0.2, 0) is 6.54 Å². The highest BCUT2D eigenvalue weighted by molar-refractivity contribution is 5.56. The van der Waals surface area contributed by atoms with Crippen LogP contribution in [0.3, 0.4) is 0 Å². The van der Waals surface area contributed by atoms with Crippen LogP contribution in [0.4, 0.5) is 5.69 Å². The number of hydrogen-bond acceptors (Lipinski definition) is 2. The highest BCUT2D eigenvalue weighted by Crippen LogP contribution is 2.32. The first-order valence-electron chi connectivity index (χ1n) is 8.29. The minimum atomic E-state index is 0.252. The van der Waals surface area contributed by atoms with Crippen molar-refractivity contribution in [3.8, 4) is 0 Å². The lowest BCUT2D eigenvalue weighted by Crippen LogP contribution is -2.53. The summed E-state index contributed by atoms with van der Waals surface area (Å²) >= 11 is 0. The van der Waals surface area contributed by atoms with Crippen molar-refractivity contribution in [2.24, 2.45) is 0 Å². The first-order valence-corrected chi connectivity index (χ1v) is 8.29. The zero-order chi connectivity index (χ0) is 14.6. The van der Waals surface area contributed by atoms with Gasteiger partial charge < -0.3 is 10.2 Å².